The lowest BCUT2D eigenvalue weighted by atomic mass is 9.31. The molecular formula is C41H63NO2. The lowest BCUT2D eigenvalue weighted by molar-refractivity contribution is -0.267. The van der Waals surface area contributed by atoms with Gasteiger partial charge in [-0.05, 0) is 108 Å². The summed E-state index contributed by atoms with van der Waals surface area (Å²) in [5.74, 6) is 2.66. The molecule has 0 amide bonds. The average molecular weight is 602 g/mol. The lowest BCUT2D eigenvalue weighted by Gasteiger charge is -2.73. The second kappa shape index (κ2) is 10.2. The zero-order valence-corrected chi connectivity index (χ0v) is 29.4. The van der Waals surface area contributed by atoms with E-state index in [9.17, 15) is 5.11 Å². The smallest absolute Gasteiger partial charge is 0.0990 e. The van der Waals surface area contributed by atoms with Gasteiger partial charge >= 0.3 is 0 Å². The Balaban J connectivity index is 1.31. The van der Waals surface area contributed by atoms with Gasteiger partial charge in [-0.1, -0.05) is 97.9 Å². The predicted molar refractivity (Wildman–Crippen MR) is 181 cm³/mol. The molecule has 3 heteroatoms. The standard InChI is InChI=1S/C41H63NO2/c1-35(2)18-19-37(5)20-21-39(7)31(32(37)27-35)14-15-34-38(6)26-30(28-42-22-24-44-25-23-42)41(43,29-12-10-9-11-13-29)36(3,4)33(38)16-17-40(34,39)8/h9-15,30-34,43H,16-28H2,1-8H3/t30?,31?,32?,33?,34?,37-,38+,39-,40-,41+/m1/s1. The van der Waals surface area contributed by atoms with Crippen molar-refractivity contribution in [3.05, 3.63) is 48.0 Å². The van der Waals surface area contributed by atoms with Crippen molar-refractivity contribution in [2.75, 3.05) is 32.8 Å². The Hall–Kier alpha value is -1.16. The molecule has 6 aliphatic rings. The van der Waals surface area contributed by atoms with Gasteiger partial charge in [0, 0.05) is 31.0 Å². The highest BCUT2D eigenvalue weighted by Gasteiger charge is 2.72. The molecule has 0 spiro atoms. The summed E-state index contributed by atoms with van der Waals surface area (Å²) in [4.78, 5) is 2.59. The number of rotatable bonds is 3. The summed E-state index contributed by atoms with van der Waals surface area (Å²) in [6.07, 6.45) is 16.1. The lowest BCUT2D eigenvalue weighted by Crippen LogP contribution is -2.69. The van der Waals surface area contributed by atoms with E-state index in [1.165, 1.54) is 44.9 Å². The number of hydrogen-bond donors (Lipinski definition) is 1. The zero-order valence-electron chi connectivity index (χ0n) is 29.4. The van der Waals surface area contributed by atoms with Crippen molar-refractivity contribution in [1.82, 2.24) is 4.90 Å². The van der Waals surface area contributed by atoms with Gasteiger partial charge in [0.1, 0.15) is 0 Å². The molecule has 1 heterocycles. The van der Waals surface area contributed by atoms with Crippen LogP contribution in [-0.2, 0) is 10.3 Å². The average Bonchev–Trinajstić information content (AvgIpc) is 2.98. The summed E-state index contributed by atoms with van der Waals surface area (Å²) >= 11 is 0. The predicted octanol–water partition coefficient (Wildman–Crippen LogP) is 9.11. The van der Waals surface area contributed by atoms with Crippen molar-refractivity contribution in [2.45, 2.75) is 112 Å². The minimum atomic E-state index is -0.865. The van der Waals surface area contributed by atoms with E-state index < -0.39 is 5.60 Å². The quantitative estimate of drug-likeness (QED) is 0.351. The van der Waals surface area contributed by atoms with Crippen molar-refractivity contribution in [1.29, 1.82) is 0 Å². The van der Waals surface area contributed by atoms with E-state index >= 15 is 0 Å². The Labute approximate surface area is 269 Å². The minimum absolute atomic E-state index is 0.144. The summed E-state index contributed by atoms with van der Waals surface area (Å²) in [7, 11) is 0. The van der Waals surface area contributed by atoms with Crippen LogP contribution in [0.1, 0.15) is 112 Å². The third-order valence-electron chi connectivity index (χ3n) is 16.3. The van der Waals surface area contributed by atoms with Gasteiger partial charge in [0.15, 0.2) is 0 Å². The van der Waals surface area contributed by atoms with E-state index in [-0.39, 0.29) is 22.2 Å². The van der Waals surface area contributed by atoms with Gasteiger partial charge in [-0.15, -0.1) is 0 Å². The molecule has 1 N–H and O–H groups in total. The maximum Gasteiger partial charge on any atom is 0.0990 e. The fourth-order valence-electron chi connectivity index (χ4n) is 13.5. The number of aliphatic hydroxyl groups is 1. The minimum Gasteiger partial charge on any atom is -0.384 e. The molecule has 4 saturated carbocycles. The highest BCUT2D eigenvalue weighted by molar-refractivity contribution is 5.33. The van der Waals surface area contributed by atoms with Crippen molar-refractivity contribution in [2.24, 2.45) is 62.1 Å². The van der Waals surface area contributed by atoms with Gasteiger partial charge in [0.25, 0.3) is 0 Å². The summed E-state index contributed by atoms with van der Waals surface area (Å²) in [5, 5.41) is 13.2. The van der Waals surface area contributed by atoms with Crippen LogP contribution >= 0.6 is 0 Å². The maximum absolute atomic E-state index is 13.2. The maximum atomic E-state index is 13.2. The van der Waals surface area contributed by atoms with Crippen molar-refractivity contribution in [3.63, 3.8) is 0 Å². The van der Waals surface area contributed by atoms with Gasteiger partial charge in [0.05, 0.1) is 18.8 Å². The number of fused-ring (bicyclic) bond motifs is 7. The van der Waals surface area contributed by atoms with Crippen LogP contribution in [0.2, 0.25) is 0 Å². The number of allylic oxidation sites excluding steroid dienone is 2. The monoisotopic (exact) mass is 601 g/mol. The molecule has 7 rings (SSSR count). The van der Waals surface area contributed by atoms with Gasteiger partial charge in [-0.2, -0.15) is 0 Å². The van der Waals surface area contributed by atoms with E-state index in [1.807, 2.05) is 0 Å². The van der Waals surface area contributed by atoms with Crippen LogP contribution in [0.15, 0.2) is 42.5 Å². The molecule has 5 aliphatic carbocycles. The number of hydrogen-bond acceptors (Lipinski definition) is 3. The molecular weight excluding hydrogens is 538 g/mol. The van der Waals surface area contributed by atoms with Crippen molar-refractivity contribution in [3.8, 4) is 0 Å². The second-order valence-electron chi connectivity index (χ2n) is 19.1. The van der Waals surface area contributed by atoms with Gasteiger partial charge in [-0.25, -0.2) is 0 Å². The Bertz CT molecular complexity index is 1260. The van der Waals surface area contributed by atoms with Crippen molar-refractivity contribution < 1.29 is 9.84 Å². The molecule has 3 nitrogen and oxygen atoms in total. The molecule has 1 aliphatic heterocycles. The fraction of sp³-hybridized carbons (Fsp3) is 0.805. The van der Waals surface area contributed by atoms with E-state index in [0.717, 1.165) is 50.8 Å². The highest BCUT2D eigenvalue weighted by atomic mass is 16.5. The summed E-state index contributed by atoms with van der Waals surface area (Å²) in [6.45, 7) is 25.2. The van der Waals surface area contributed by atoms with Gasteiger partial charge in [-0.3, -0.25) is 4.90 Å². The molecule has 0 bridgehead atoms. The first-order valence-corrected chi connectivity index (χ1v) is 18.4. The summed E-state index contributed by atoms with van der Waals surface area (Å²) in [6, 6.07) is 10.8. The number of morpholine rings is 1. The molecule has 10 atom stereocenters. The Kier molecular flexibility index (Phi) is 7.27. The van der Waals surface area contributed by atoms with Crippen molar-refractivity contribution >= 4 is 0 Å². The molecule has 0 aromatic heterocycles. The molecule has 0 radical (unpaired) electrons. The second-order valence-corrected chi connectivity index (χ2v) is 19.1. The molecule has 1 aromatic carbocycles. The molecule has 1 aromatic rings. The van der Waals surface area contributed by atoms with Crippen LogP contribution < -0.4 is 0 Å². The number of nitrogens with zero attached hydrogens (tertiary/aromatic N) is 1. The highest BCUT2D eigenvalue weighted by Crippen LogP contribution is 2.77. The Morgan fingerprint density at radius 2 is 1.48 bits per heavy atom. The van der Waals surface area contributed by atoms with E-state index in [4.69, 9.17) is 4.74 Å². The topological polar surface area (TPSA) is 32.7 Å². The fourth-order valence-corrected chi connectivity index (χ4v) is 13.5. The SMILES string of the molecule is CC1(C)CC[C@]2(C)CC[C@]3(C)C(C=CC4[C@@]5(C)CC(CN6CCOCC6)[C@@](O)(c6ccccc6)C(C)(C)C5CC[C@]43C)C2C1. The first-order chi connectivity index (χ1) is 20.6. The van der Waals surface area contributed by atoms with Crippen LogP contribution in [0.5, 0.6) is 0 Å². The van der Waals surface area contributed by atoms with Crippen LogP contribution in [-0.4, -0.2) is 42.9 Å². The van der Waals surface area contributed by atoms with E-state index in [2.05, 4.69) is 103 Å². The summed E-state index contributed by atoms with van der Waals surface area (Å²) < 4.78 is 5.76. The summed E-state index contributed by atoms with van der Waals surface area (Å²) in [5.41, 5.74) is 1.72. The first kappa shape index (κ1) is 31.4. The van der Waals surface area contributed by atoms with Gasteiger partial charge in [0.2, 0.25) is 0 Å². The van der Waals surface area contributed by atoms with Crippen LogP contribution in [0.4, 0.5) is 0 Å². The Morgan fingerprint density at radius 3 is 2.18 bits per heavy atom. The Morgan fingerprint density at radius 1 is 0.795 bits per heavy atom. The number of benzene rings is 1. The van der Waals surface area contributed by atoms with E-state index in [0.29, 0.717) is 34.0 Å². The van der Waals surface area contributed by atoms with Crippen LogP contribution in [0, 0.1) is 62.1 Å². The first-order valence-electron chi connectivity index (χ1n) is 18.4. The van der Waals surface area contributed by atoms with Crippen LogP contribution in [0.3, 0.4) is 0 Å². The van der Waals surface area contributed by atoms with Crippen LogP contribution in [0.25, 0.3) is 0 Å². The molecule has 5 fully saturated rings. The third kappa shape index (κ3) is 4.23. The zero-order chi connectivity index (χ0) is 31.4. The molecule has 44 heavy (non-hydrogen) atoms. The third-order valence-corrected chi connectivity index (χ3v) is 16.3. The van der Waals surface area contributed by atoms with E-state index in [1.54, 1.807) is 0 Å². The number of ether oxygens (including phenoxy) is 1. The normalized spacial score (nSPS) is 49.7. The largest absolute Gasteiger partial charge is 0.384 e. The molecule has 5 unspecified atom stereocenters. The van der Waals surface area contributed by atoms with Gasteiger partial charge < -0.3 is 9.84 Å². The molecule has 244 valence electrons. The molecule has 1 saturated heterocycles.